The predicted molar refractivity (Wildman–Crippen MR) is 62.2 cm³/mol. The second kappa shape index (κ2) is 4.76. The van der Waals surface area contributed by atoms with Gasteiger partial charge in [0.05, 0.1) is 18.4 Å². The predicted octanol–water partition coefficient (Wildman–Crippen LogP) is 4.22. The Bertz CT molecular complexity index is 518. The summed E-state index contributed by atoms with van der Waals surface area (Å²) >= 11 is 0. The number of furan rings is 1. The zero-order chi connectivity index (χ0) is 13.2. The number of hydrogen-bond donors (Lipinski definition) is 1. The maximum atomic E-state index is 12.7. The van der Waals surface area contributed by atoms with Crippen LogP contribution >= 0.6 is 0 Å². The Morgan fingerprint density at radius 3 is 2.61 bits per heavy atom. The second-order valence-corrected chi connectivity index (χ2v) is 3.96. The maximum Gasteiger partial charge on any atom is 0.416 e. The van der Waals surface area contributed by atoms with Gasteiger partial charge < -0.3 is 9.73 Å². The van der Waals surface area contributed by atoms with Crippen molar-refractivity contribution in [1.29, 1.82) is 0 Å². The third kappa shape index (κ3) is 2.85. The van der Waals surface area contributed by atoms with E-state index in [1.165, 1.54) is 19.3 Å². The van der Waals surface area contributed by atoms with E-state index in [1.807, 2.05) is 0 Å². The smallest absolute Gasteiger partial charge is 0.416 e. The summed E-state index contributed by atoms with van der Waals surface area (Å²) in [5.74, 6) is 0.670. The van der Waals surface area contributed by atoms with Crippen LogP contribution in [0.5, 0.6) is 0 Å². The monoisotopic (exact) mass is 255 g/mol. The van der Waals surface area contributed by atoms with Crippen molar-refractivity contribution in [2.24, 2.45) is 0 Å². The van der Waals surface area contributed by atoms with Gasteiger partial charge in [0.25, 0.3) is 0 Å². The molecule has 0 spiro atoms. The molecule has 0 aliphatic heterocycles. The van der Waals surface area contributed by atoms with Crippen LogP contribution in [-0.4, -0.2) is 0 Å². The van der Waals surface area contributed by atoms with Crippen molar-refractivity contribution in [3.05, 3.63) is 53.5 Å². The molecular formula is C13H12F3NO. The number of benzene rings is 1. The molecule has 2 aromatic rings. The molecular weight excluding hydrogens is 243 g/mol. The highest BCUT2D eigenvalue weighted by Gasteiger charge is 2.32. The van der Waals surface area contributed by atoms with Crippen LogP contribution in [-0.2, 0) is 12.7 Å². The third-order valence-corrected chi connectivity index (χ3v) is 2.59. The van der Waals surface area contributed by atoms with Gasteiger partial charge in [-0.3, -0.25) is 0 Å². The number of alkyl halides is 3. The zero-order valence-electron chi connectivity index (χ0n) is 9.71. The van der Waals surface area contributed by atoms with Gasteiger partial charge in [0.2, 0.25) is 0 Å². The Balaban J connectivity index is 2.15. The van der Waals surface area contributed by atoms with E-state index in [0.717, 1.165) is 6.07 Å². The van der Waals surface area contributed by atoms with E-state index < -0.39 is 11.7 Å². The molecule has 2 rings (SSSR count). The van der Waals surface area contributed by atoms with Crippen LogP contribution in [0.3, 0.4) is 0 Å². The van der Waals surface area contributed by atoms with Gasteiger partial charge >= 0.3 is 6.18 Å². The van der Waals surface area contributed by atoms with Crippen LogP contribution in [0.25, 0.3) is 0 Å². The molecule has 18 heavy (non-hydrogen) atoms. The van der Waals surface area contributed by atoms with Crippen molar-refractivity contribution in [2.45, 2.75) is 19.6 Å². The third-order valence-electron chi connectivity index (χ3n) is 2.59. The molecule has 1 N–H and O–H groups in total. The van der Waals surface area contributed by atoms with Crippen LogP contribution in [0.15, 0.2) is 41.0 Å². The van der Waals surface area contributed by atoms with Gasteiger partial charge in [-0.1, -0.05) is 6.07 Å². The molecule has 1 aromatic carbocycles. The summed E-state index contributed by atoms with van der Waals surface area (Å²) in [6.45, 7) is 1.80. The molecule has 2 nitrogen and oxygen atoms in total. The van der Waals surface area contributed by atoms with Gasteiger partial charge in [-0.15, -0.1) is 0 Å². The molecule has 96 valence electrons. The van der Waals surface area contributed by atoms with E-state index in [9.17, 15) is 13.2 Å². The first-order valence-electron chi connectivity index (χ1n) is 5.41. The molecule has 1 heterocycles. The highest BCUT2D eigenvalue weighted by molar-refractivity contribution is 5.49. The number of aryl methyl sites for hydroxylation is 1. The first-order chi connectivity index (χ1) is 8.47. The van der Waals surface area contributed by atoms with Crippen LogP contribution in [0.2, 0.25) is 0 Å². The SMILES string of the molecule is Cc1ccc(NCc2ccco2)cc1C(F)(F)F. The number of rotatable bonds is 3. The fourth-order valence-electron chi connectivity index (χ4n) is 1.64. The van der Waals surface area contributed by atoms with Gasteiger partial charge in [0.1, 0.15) is 5.76 Å². The van der Waals surface area contributed by atoms with Gasteiger partial charge in [-0.2, -0.15) is 13.2 Å². The molecule has 0 atom stereocenters. The lowest BCUT2D eigenvalue weighted by molar-refractivity contribution is -0.138. The van der Waals surface area contributed by atoms with E-state index in [1.54, 1.807) is 18.2 Å². The minimum Gasteiger partial charge on any atom is -0.467 e. The summed E-state index contributed by atoms with van der Waals surface area (Å²) in [7, 11) is 0. The molecule has 0 bridgehead atoms. The Morgan fingerprint density at radius 1 is 1.22 bits per heavy atom. The molecule has 0 radical (unpaired) electrons. The molecule has 0 aliphatic rings. The van der Waals surface area contributed by atoms with Crippen molar-refractivity contribution < 1.29 is 17.6 Å². The van der Waals surface area contributed by atoms with Crippen molar-refractivity contribution in [3.63, 3.8) is 0 Å². The van der Waals surface area contributed by atoms with E-state index >= 15 is 0 Å². The highest BCUT2D eigenvalue weighted by atomic mass is 19.4. The second-order valence-electron chi connectivity index (χ2n) is 3.96. The van der Waals surface area contributed by atoms with Crippen LogP contribution in [0.4, 0.5) is 18.9 Å². The number of hydrogen-bond acceptors (Lipinski definition) is 2. The Hall–Kier alpha value is -1.91. The maximum absolute atomic E-state index is 12.7. The molecule has 0 saturated heterocycles. The topological polar surface area (TPSA) is 25.2 Å². The van der Waals surface area contributed by atoms with Gasteiger partial charge in [-0.25, -0.2) is 0 Å². The minimum absolute atomic E-state index is 0.214. The largest absolute Gasteiger partial charge is 0.467 e. The van der Waals surface area contributed by atoms with E-state index in [4.69, 9.17) is 4.42 Å². The molecule has 1 aromatic heterocycles. The highest BCUT2D eigenvalue weighted by Crippen LogP contribution is 2.33. The summed E-state index contributed by atoms with van der Waals surface area (Å²) in [5, 5.41) is 2.89. The minimum atomic E-state index is -4.33. The van der Waals surface area contributed by atoms with Crippen molar-refractivity contribution in [3.8, 4) is 0 Å². The first-order valence-corrected chi connectivity index (χ1v) is 5.41. The van der Waals surface area contributed by atoms with Crippen LogP contribution in [0.1, 0.15) is 16.9 Å². The number of halogens is 3. The molecule has 0 unspecified atom stereocenters. The van der Waals surface area contributed by atoms with Crippen molar-refractivity contribution >= 4 is 5.69 Å². The number of nitrogens with one attached hydrogen (secondary N) is 1. The van der Waals surface area contributed by atoms with Gasteiger partial charge in [-0.05, 0) is 36.8 Å². The van der Waals surface area contributed by atoms with Crippen LogP contribution in [0, 0.1) is 6.92 Å². The molecule has 5 heteroatoms. The molecule has 0 fully saturated rings. The zero-order valence-corrected chi connectivity index (χ0v) is 9.71. The van der Waals surface area contributed by atoms with E-state index in [-0.39, 0.29) is 5.56 Å². The Labute approximate surface area is 102 Å². The summed E-state index contributed by atoms with van der Waals surface area (Å²) in [5.41, 5.74) is 0.0160. The average Bonchev–Trinajstić information content (AvgIpc) is 2.79. The number of anilines is 1. The summed E-state index contributed by atoms with van der Waals surface area (Å²) in [6.07, 6.45) is -2.81. The molecule has 0 aliphatic carbocycles. The quantitative estimate of drug-likeness (QED) is 0.888. The molecule has 0 amide bonds. The Kier molecular flexibility index (Phi) is 3.32. The van der Waals surface area contributed by atoms with Gasteiger partial charge in [0, 0.05) is 5.69 Å². The van der Waals surface area contributed by atoms with Crippen molar-refractivity contribution in [2.75, 3.05) is 5.32 Å². The van der Waals surface area contributed by atoms with E-state index in [0.29, 0.717) is 18.0 Å². The summed E-state index contributed by atoms with van der Waals surface area (Å²) in [4.78, 5) is 0. The fourth-order valence-corrected chi connectivity index (χ4v) is 1.64. The summed E-state index contributed by atoms with van der Waals surface area (Å²) in [6, 6.07) is 7.66. The average molecular weight is 255 g/mol. The lowest BCUT2D eigenvalue weighted by Crippen LogP contribution is -2.08. The van der Waals surface area contributed by atoms with Gasteiger partial charge in [0.15, 0.2) is 0 Å². The standard InChI is InChI=1S/C13H12F3NO/c1-9-4-5-10(7-12(9)13(14,15)16)17-8-11-3-2-6-18-11/h2-7,17H,8H2,1H3. The molecule has 0 saturated carbocycles. The first kappa shape index (κ1) is 12.5. The lowest BCUT2D eigenvalue weighted by atomic mass is 10.1. The van der Waals surface area contributed by atoms with Crippen molar-refractivity contribution in [1.82, 2.24) is 0 Å². The van der Waals surface area contributed by atoms with Crippen LogP contribution < -0.4 is 5.32 Å². The van der Waals surface area contributed by atoms with E-state index in [2.05, 4.69) is 5.32 Å². The summed E-state index contributed by atoms with van der Waals surface area (Å²) < 4.78 is 43.2. The normalized spacial score (nSPS) is 11.6. The Morgan fingerprint density at radius 2 is 2.00 bits per heavy atom. The lowest BCUT2D eigenvalue weighted by Gasteiger charge is -2.12. The fraction of sp³-hybridized carbons (Fsp3) is 0.231.